The quantitative estimate of drug-likeness (QED) is 0.0463. The van der Waals surface area contributed by atoms with Crippen LogP contribution in [0.25, 0.3) is 0 Å². The van der Waals surface area contributed by atoms with Gasteiger partial charge in [0, 0.05) is 0 Å². The molecule has 9 fully saturated rings. The minimum atomic E-state index is -1.98. The third-order valence-electron chi connectivity index (χ3n) is 23.5. The van der Waals surface area contributed by atoms with E-state index in [1.54, 1.807) is 0 Å². The number of hydrogen-bond acceptors (Lipinski definition) is 27. The largest absolute Gasteiger partial charge is 0.432 e. The van der Waals surface area contributed by atoms with E-state index in [1.807, 2.05) is 0 Å². The van der Waals surface area contributed by atoms with E-state index in [-0.39, 0.29) is 39.4 Å². The van der Waals surface area contributed by atoms with Gasteiger partial charge in [-0.25, -0.2) is 0 Å². The molecule has 10 rings (SSSR count). The van der Waals surface area contributed by atoms with Gasteiger partial charge >= 0.3 is 5.97 Å². The maximum absolute atomic E-state index is 14.9. The van der Waals surface area contributed by atoms with Gasteiger partial charge in [-0.3, -0.25) is 4.79 Å². The number of rotatable bonds is 14. The summed E-state index contributed by atoms with van der Waals surface area (Å²) in [7, 11) is 0. The SMILES string of the molecule is C[C@@H]1O[C@@H](O[C@H]2[C@H](O[C@H]3[C@H](O[C@H]4CC[C@]5(C)[C@H]6CC=C7[C@@H]8CC(C)(C)CC[C@]8(C(=O)O[C@@H]8O[C@H](CO)[C@@H](O)[C@H](O)[C@H]8O)CC[C@@]7(C)[C@]6(C)CC[C@H]5C4(C)C)O[C@H](CO)[C@@H](O[C@@H]4O[C@H](CO)[C@@H](O)[C@H](O)[C@H]4O)[C@@H]3O)O[C@H](CO)[C@@H](O)[C@@H]2O)[C@H](O)[C@H](O)[C@H]1O. The molecule has 5 aliphatic carbocycles. The molecule has 0 radical (unpaired) electrons. The molecular formula is C60H98O27. The molecule has 87 heavy (non-hydrogen) atoms. The number of aliphatic hydroxyl groups is 16. The lowest BCUT2D eigenvalue weighted by Crippen LogP contribution is -2.68. The molecule has 27 heteroatoms. The molecule has 0 spiro atoms. The first-order valence-electron chi connectivity index (χ1n) is 31.2. The van der Waals surface area contributed by atoms with Gasteiger partial charge in [-0.15, -0.1) is 0 Å². The Morgan fingerprint density at radius 1 is 0.483 bits per heavy atom. The molecule has 10 aliphatic rings. The maximum Gasteiger partial charge on any atom is 0.315 e. The van der Waals surface area contributed by atoms with Gasteiger partial charge in [0.2, 0.25) is 6.29 Å². The van der Waals surface area contributed by atoms with Crippen molar-refractivity contribution < 1.29 is 134 Å². The Balaban J connectivity index is 0.936. The molecule has 0 aromatic carbocycles. The molecular weight excluding hydrogens is 1150 g/mol. The molecule has 0 aromatic heterocycles. The molecule has 5 saturated heterocycles. The van der Waals surface area contributed by atoms with Crippen LogP contribution in [0.15, 0.2) is 11.6 Å². The summed E-state index contributed by atoms with van der Waals surface area (Å²) in [5.74, 6) is -0.646. The van der Waals surface area contributed by atoms with E-state index in [9.17, 15) is 86.5 Å². The predicted molar refractivity (Wildman–Crippen MR) is 294 cm³/mol. The Bertz CT molecular complexity index is 2420. The number of esters is 1. The topological polar surface area (TPSA) is 433 Å². The average molecular weight is 1250 g/mol. The minimum Gasteiger partial charge on any atom is -0.432 e. The Morgan fingerprint density at radius 3 is 1.57 bits per heavy atom. The normalized spacial score (nSPS) is 54.0. The van der Waals surface area contributed by atoms with Crippen molar-refractivity contribution in [3.05, 3.63) is 11.6 Å². The zero-order chi connectivity index (χ0) is 63.6. The maximum atomic E-state index is 14.9. The first-order valence-corrected chi connectivity index (χ1v) is 31.2. The predicted octanol–water partition coefficient (Wildman–Crippen LogP) is -3.18. The zero-order valence-electron chi connectivity index (χ0n) is 50.9. The molecule has 0 bridgehead atoms. The molecule has 0 amide bonds. The van der Waals surface area contributed by atoms with E-state index in [0.29, 0.717) is 44.9 Å². The third kappa shape index (κ3) is 11.4. The Labute approximate surface area is 506 Å². The fourth-order valence-corrected chi connectivity index (χ4v) is 17.9. The van der Waals surface area contributed by atoms with Crippen LogP contribution in [0.4, 0.5) is 0 Å². The molecule has 5 aliphatic heterocycles. The molecule has 500 valence electrons. The Morgan fingerprint density at radius 2 is 0.966 bits per heavy atom. The summed E-state index contributed by atoms with van der Waals surface area (Å²) in [6, 6.07) is 0. The van der Waals surface area contributed by atoms with Crippen LogP contribution in [0.3, 0.4) is 0 Å². The van der Waals surface area contributed by atoms with Crippen molar-refractivity contribution in [3.63, 3.8) is 0 Å². The van der Waals surface area contributed by atoms with Crippen molar-refractivity contribution in [3.8, 4) is 0 Å². The van der Waals surface area contributed by atoms with Crippen molar-refractivity contribution in [2.24, 2.45) is 50.2 Å². The number of carbonyl (C=O) groups is 1. The second kappa shape index (κ2) is 25.2. The van der Waals surface area contributed by atoms with E-state index in [1.165, 1.54) is 12.5 Å². The Kier molecular flexibility index (Phi) is 19.7. The fourth-order valence-electron chi connectivity index (χ4n) is 17.9. The number of fused-ring (bicyclic) bond motifs is 7. The van der Waals surface area contributed by atoms with E-state index in [0.717, 1.165) is 19.3 Å². The molecule has 16 N–H and O–H groups in total. The Hall–Kier alpha value is -1.79. The van der Waals surface area contributed by atoms with E-state index >= 15 is 0 Å². The van der Waals surface area contributed by atoms with Crippen molar-refractivity contribution in [1.82, 2.24) is 0 Å². The van der Waals surface area contributed by atoms with Crippen LogP contribution in [0.5, 0.6) is 0 Å². The first-order chi connectivity index (χ1) is 40.8. The van der Waals surface area contributed by atoms with Gasteiger partial charge in [0.05, 0.1) is 44.1 Å². The van der Waals surface area contributed by atoms with Crippen LogP contribution in [-0.4, -0.2) is 274 Å². The highest BCUT2D eigenvalue weighted by Gasteiger charge is 2.71. The summed E-state index contributed by atoms with van der Waals surface area (Å²) in [6.45, 7) is 13.9. The van der Waals surface area contributed by atoms with Crippen molar-refractivity contribution in [2.45, 2.75) is 279 Å². The number of aliphatic hydroxyl groups excluding tert-OH is 16. The van der Waals surface area contributed by atoms with E-state index in [2.05, 4.69) is 54.5 Å². The first kappa shape index (κ1) is 68.1. The lowest BCUT2D eigenvalue weighted by molar-refractivity contribution is -0.407. The van der Waals surface area contributed by atoms with Gasteiger partial charge < -0.3 is 129 Å². The summed E-state index contributed by atoms with van der Waals surface area (Å²) < 4.78 is 61.3. The number of ether oxygens (including phenoxy) is 10. The minimum absolute atomic E-state index is 0.00596. The van der Waals surface area contributed by atoms with Crippen molar-refractivity contribution in [2.75, 3.05) is 26.4 Å². The molecule has 0 unspecified atom stereocenters. The molecule has 4 saturated carbocycles. The number of carbonyl (C=O) groups excluding carboxylic acids is 1. The van der Waals surface area contributed by atoms with Crippen LogP contribution in [0.2, 0.25) is 0 Å². The average Bonchev–Trinajstić information content (AvgIpc) is 0.681. The summed E-state index contributed by atoms with van der Waals surface area (Å²) >= 11 is 0. The highest BCUT2D eigenvalue weighted by molar-refractivity contribution is 5.79. The highest BCUT2D eigenvalue weighted by Crippen LogP contribution is 2.76. The summed E-state index contributed by atoms with van der Waals surface area (Å²) in [4.78, 5) is 14.9. The molecule has 27 nitrogen and oxygen atoms in total. The van der Waals surface area contributed by atoms with Gasteiger partial charge in [0.25, 0.3) is 0 Å². The summed E-state index contributed by atoms with van der Waals surface area (Å²) in [5, 5.41) is 173. The van der Waals surface area contributed by atoms with Crippen LogP contribution < -0.4 is 0 Å². The van der Waals surface area contributed by atoms with Gasteiger partial charge in [-0.1, -0.05) is 60.1 Å². The van der Waals surface area contributed by atoms with Gasteiger partial charge in [0.15, 0.2) is 25.2 Å². The van der Waals surface area contributed by atoms with E-state index < -0.39 is 203 Å². The summed E-state index contributed by atoms with van der Waals surface area (Å²) in [5.41, 5.74) is -1.54. The number of hydrogen-bond donors (Lipinski definition) is 16. The molecule has 33 atom stereocenters. The number of allylic oxidation sites excluding steroid dienone is 2. The third-order valence-corrected chi connectivity index (χ3v) is 23.5. The van der Waals surface area contributed by atoms with Crippen LogP contribution in [0, 0.1) is 50.2 Å². The molecule has 0 aromatic rings. The monoisotopic (exact) mass is 1250 g/mol. The van der Waals surface area contributed by atoms with Gasteiger partial charge in [0.1, 0.15) is 116 Å². The highest BCUT2D eigenvalue weighted by atomic mass is 16.8. The van der Waals surface area contributed by atoms with Crippen molar-refractivity contribution in [1.29, 1.82) is 0 Å². The molecule has 5 heterocycles. The van der Waals surface area contributed by atoms with E-state index in [4.69, 9.17) is 47.4 Å². The lowest BCUT2D eigenvalue weighted by atomic mass is 9.33. The second-order valence-corrected chi connectivity index (χ2v) is 29.1. The lowest BCUT2D eigenvalue weighted by Gasteiger charge is -2.71. The summed E-state index contributed by atoms with van der Waals surface area (Å²) in [6.07, 6.45) is -34.6. The van der Waals surface area contributed by atoms with Crippen molar-refractivity contribution >= 4 is 5.97 Å². The van der Waals surface area contributed by atoms with Crippen LogP contribution in [-0.2, 0) is 52.2 Å². The van der Waals surface area contributed by atoms with Crippen LogP contribution in [0.1, 0.15) is 120 Å². The standard InChI is InChI=1S/C60H98O27/c1-24-34(65)38(69)42(73)49(78-24)85-47-41(72)37(68)29(22-63)81-53(47)86-48-45(76)46(84-50-43(74)39(70)35(66)27(20-61)79-50)30(23-64)82-52(48)83-33-12-13-57(6)31(56(33,4)5)11-14-59(8)32(57)10-9-25-26-19-55(2,3)15-17-60(26,18-16-58(25,59)7)54(77)87-51-44(75)40(71)36(67)28(21-62)80-51/h9,24,26-53,61-76H,10-23H2,1-8H3/t24-,26-,27+,28+,29+,30+,31-,32+,33-,34-,35+,36+,37+,38+,39-,40-,41-,42+,43+,44+,45-,46+,47+,48+,49-,50-,51-,52-,53-,57-,58+,59+,60-/m0/s1. The smallest absolute Gasteiger partial charge is 0.315 e. The van der Waals surface area contributed by atoms with Crippen LogP contribution >= 0.6 is 0 Å². The zero-order valence-corrected chi connectivity index (χ0v) is 50.9. The van der Waals surface area contributed by atoms with Gasteiger partial charge in [-0.2, -0.15) is 0 Å². The second-order valence-electron chi connectivity index (χ2n) is 29.1. The van der Waals surface area contributed by atoms with Gasteiger partial charge in [-0.05, 0) is 116 Å². The fraction of sp³-hybridized carbons (Fsp3) is 0.950.